The maximum absolute atomic E-state index is 13.1. The van der Waals surface area contributed by atoms with Gasteiger partial charge in [0, 0.05) is 38.4 Å². The Morgan fingerprint density at radius 3 is 2.34 bits per heavy atom. The normalized spacial score (nSPS) is 19.8. The van der Waals surface area contributed by atoms with Gasteiger partial charge in [0.1, 0.15) is 6.04 Å². The number of anilines is 1. The summed E-state index contributed by atoms with van der Waals surface area (Å²) in [5.74, 6) is 0.673. The zero-order chi connectivity index (χ0) is 20.6. The van der Waals surface area contributed by atoms with Crippen LogP contribution in [0.3, 0.4) is 0 Å². The number of rotatable bonds is 6. The first kappa shape index (κ1) is 21.6. The Labute approximate surface area is 173 Å². The first-order chi connectivity index (χ1) is 14.0. The van der Waals surface area contributed by atoms with Crippen LogP contribution >= 0.6 is 0 Å². The molecule has 7 heteroatoms. The minimum absolute atomic E-state index is 0.0213. The van der Waals surface area contributed by atoms with Crippen LogP contribution in [0, 0.1) is 11.8 Å². The summed E-state index contributed by atoms with van der Waals surface area (Å²) >= 11 is 0. The van der Waals surface area contributed by atoms with E-state index in [1.54, 1.807) is 0 Å². The molecule has 2 N–H and O–H groups in total. The molecule has 0 saturated carbocycles. The van der Waals surface area contributed by atoms with Crippen LogP contribution in [0.15, 0.2) is 30.3 Å². The second-order valence-corrected chi connectivity index (χ2v) is 8.37. The Morgan fingerprint density at radius 2 is 1.72 bits per heavy atom. The van der Waals surface area contributed by atoms with Crippen LogP contribution in [-0.4, -0.2) is 73.7 Å². The molecule has 3 rings (SSSR count). The molecule has 160 valence electrons. The van der Waals surface area contributed by atoms with Crippen molar-refractivity contribution in [1.29, 1.82) is 0 Å². The number of benzene rings is 1. The van der Waals surface area contributed by atoms with Gasteiger partial charge in [0.2, 0.25) is 5.91 Å². The number of nitrogens with one attached hydrogen (secondary N) is 2. The molecule has 1 atom stereocenters. The molecule has 0 bridgehead atoms. The Balaban J connectivity index is 1.48. The van der Waals surface area contributed by atoms with Crippen molar-refractivity contribution in [3.8, 4) is 0 Å². The average molecular weight is 403 g/mol. The van der Waals surface area contributed by atoms with Crippen LogP contribution in [0.1, 0.15) is 26.7 Å². The Bertz CT molecular complexity index is 653. The predicted octanol–water partition coefficient (Wildman–Crippen LogP) is 2.40. The molecule has 3 amide bonds. The lowest BCUT2D eigenvalue weighted by Crippen LogP contribution is -2.54. The monoisotopic (exact) mass is 402 g/mol. The Hall–Kier alpha value is -2.12. The van der Waals surface area contributed by atoms with E-state index in [9.17, 15) is 9.59 Å². The van der Waals surface area contributed by atoms with E-state index in [1.165, 1.54) is 0 Å². The molecule has 0 spiro atoms. The molecule has 2 heterocycles. The number of piperidine rings is 1. The predicted molar refractivity (Wildman–Crippen MR) is 114 cm³/mol. The largest absolute Gasteiger partial charge is 0.379 e. The summed E-state index contributed by atoms with van der Waals surface area (Å²) in [6.45, 7) is 10.2. The summed E-state index contributed by atoms with van der Waals surface area (Å²) in [7, 11) is 0. The summed E-state index contributed by atoms with van der Waals surface area (Å²) in [4.78, 5) is 29.9. The lowest BCUT2D eigenvalue weighted by Gasteiger charge is -2.37. The van der Waals surface area contributed by atoms with Crippen molar-refractivity contribution >= 4 is 17.6 Å². The van der Waals surface area contributed by atoms with Crippen LogP contribution < -0.4 is 10.6 Å². The SMILES string of the molecule is CC(C)C(NC(=O)Nc1ccccc1)C(=O)N1CCC(CN2CCOCC2)CC1. The maximum Gasteiger partial charge on any atom is 0.319 e. The highest BCUT2D eigenvalue weighted by Gasteiger charge is 2.31. The van der Waals surface area contributed by atoms with Gasteiger partial charge in [-0.3, -0.25) is 9.69 Å². The molecule has 7 nitrogen and oxygen atoms in total. The number of morpholine rings is 1. The van der Waals surface area contributed by atoms with Crippen molar-refractivity contribution in [2.75, 3.05) is 51.3 Å². The van der Waals surface area contributed by atoms with Gasteiger partial charge in [-0.1, -0.05) is 32.0 Å². The highest BCUT2D eigenvalue weighted by Crippen LogP contribution is 2.21. The van der Waals surface area contributed by atoms with Gasteiger partial charge in [-0.05, 0) is 36.8 Å². The molecular weight excluding hydrogens is 368 g/mol. The minimum Gasteiger partial charge on any atom is -0.379 e. The second-order valence-electron chi connectivity index (χ2n) is 8.37. The topological polar surface area (TPSA) is 73.9 Å². The fourth-order valence-electron chi connectivity index (χ4n) is 4.02. The number of hydrogen-bond donors (Lipinski definition) is 2. The summed E-state index contributed by atoms with van der Waals surface area (Å²) < 4.78 is 5.42. The number of amides is 3. The maximum atomic E-state index is 13.1. The molecule has 0 radical (unpaired) electrons. The minimum atomic E-state index is -0.519. The Kier molecular flexibility index (Phi) is 7.89. The number of carbonyl (C=O) groups excluding carboxylic acids is 2. The molecule has 2 aliphatic rings. The van der Waals surface area contributed by atoms with Crippen molar-refractivity contribution in [2.45, 2.75) is 32.7 Å². The van der Waals surface area contributed by atoms with Crippen LogP contribution in [0.4, 0.5) is 10.5 Å². The van der Waals surface area contributed by atoms with Crippen LogP contribution in [0.5, 0.6) is 0 Å². The number of likely N-dealkylation sites (tertiary alicyclic amines) is 1. The molecule has 2 fully saturated rings. The molecular formula is C22H34N4O3. The van der Waals surface area contributed by atoms with Gasteiger partial charge in [-0.2, -0.15) is 0 Å². The van der Waals surface area contributed by atoms with E-state index in [4.69, 9.17) is 4.74 Å². The van der Waals surface area contributed by atoms with E-state index in [0.717, 1.165) is 58.8 Å². The molecule has 1 aromatic rings. The van der Waals surface area contributed by atoms with Gasteiger partial charge in [0.15, 0.2) is 0 Å². The standard InChI is InChI=1S/C22H34N4O3/c1-17(2)20(24-22(28)23-19-6-4-3-5-7-19)21(27)26-10-8-18(9-11-26)16-25-12-14-29-15-13-25/h3-7,17-18,20H,8-16H2,1-2H3,(H2,23,24,28). The zero-order valence-electron chi connectivity index (χ0n) is 17.6. The molecule has 0 aliphatic carbocycles. The van der Waals surface area contributed by atoms with Crippen molar-refractivity contribution < 1.29 is 14.3 Å². The number of hydrogen-bond acceptors (Lipinski definition) is 4. The summed E-state index contributed by atoms with van der Waals surface area (Å²) in [5.41, 5.74) is 0.712. The van der Waals surface area contributed by atoms with Gasteiger partial charge >= 0.3 is 6.03 Å². The van der Waals surface area contributed by atoms with E-state index in [0.29, 0.717) is 11.6 Å². The van der Waals surface area contributed by atoms with Crippen molar-refractivity contribution in [1.82, 2.24) is 15.1 Å². The summed E-state index contributed by atoms with van der Waals surface area (Å²) in [5, 5.41) is 5.68. The lowest BCUT2D eigenvalue weighted by atomic mass is 9.94. The molecule has 1 unspecified atom stereocenters. The fraction of sp³-hybridized carbons (Fsp3) is 0.636. The first-order valence-electron chi connectivity index (χ1n) is 10.7. The second kappa shape index (κ2) is 10.6. The number of urea groups is 1. The van der Waals surface area contributed by atoms with E-state index < -0.39 is 6.04 Å². The highest BCUT2D eigenvalue weighted by molar-refractivity contribution is 5.93. The molecule has 29 heavy (non-hydrogen) atoms. The van der Waals surface area contributed by atoms with Crippen molar-refractivity contribution in [3.05, 3.63) is 30.3 Å². The molecule has 2 saturated heterocycles. The third-order valence-electron chi connectivity index (χ3n) is 5.80. The van der Waals surface area contributed by atoms with Gasteiger partial charge in [0.05, 0.1) is 13.2 Å². The van der Waals surface area contributed by atoms with Crippen LogP contribution in [0.2, 0.25) is 0 Å². The van der Waals surface area contributed by atoms with Crippen molar-refractivity contribution in [3.63, 3.8) is 0 Å². The summed E-state index contributed by atoms with van der Waals surface area (Å²) in [6.07, 6.45) is 2.04. The number of nitrogens with zero attached hydrogens (tertiary/aromatic N) is 2. The molecule has 1 aromatic carbocycles. The van der Waals surface area contributed by atoms with E-state index in [2.05, 4.69) is 15.5 Å². The smallest absolute Gasteiger partial charge is 0.319 e. The number of para-hydroxylation sites is 1. The fourth-order valence-corrected chi connectivity index (χ4v) is 4.02. The van der Waals surface area contributed by atoms with Gasteiger partial charge in [-0.15, -0.1) is 0 Å². The van der Waals surface area contributed by atoms with E-state index in [1.807, 2.05) is 49.1 Å². The first-order valence-corrected chi connectivity index (χ1v) is 10.7. The Morgan fingerprint density at radius 1 is 1.07 bits per heavy atom. The molecule has 0 aromatic heterocycles. The summed E-state index contributed by atoms with van der Waals surface area (Å²) in [6, 6.07) is 8.41. The van der Waals surface area contributed by atoms with Gasteiger partial charge < -0.3 is 20.3 Å². The highest BCUT2D eigenvalue weighted by atomic mass is 16.5. The average Bonchev–Trinajstić information content (AvgIpc) is 2.73. The van der Waals surface area contributed by atoms with Crippen molar-refractivity contribution in [2.24, 2.45) is 11.8 Å². The van der Waals surface area contributed by atoms with Gasteiger partial charge in [0.25, 0.3) is 0 Å². The van der Waals surface area contributed by atoms with E-state index >= 15 is 0 Å². The third kappa shape index (κ3) is 6.44. The number of ether oxygens (including phenoxy) is 1. The van der Waals surface area contributed by atoms with Crippen LogP contribution in [-0.2, 0) is 9.53 Å². The third-order valence-corrected chi connectivity index (χ3v) is 5.80. The van der Waals surface area contributed by atoms with E-state index in [-0.39, 0.29) is 17.9 Å². The van der Waals surface area contributed by atoms with Gasteiger partial charge in [-0.25, -0.2) is 4.79 Å². The number of carbonyl (C=O) groups is 2. The lowest BCUT2D eigenvalue weighted by molar-refractivity contribution is -0.135. The quantitative estimate of drug-likeness (QED) is 0.766. The molecule has 2 aliphatic heterocycles. The zero-order valence-corrected chi connectivity index (χ0v) is 17.6. The van der Waals surface area contributed by atoms with Crippen LogP contribution in [0.25, 0.3) is 0 Å².